The first kappa shape index (κ1) is 14.0. The molecular formula is C15H11ClN2O2S. The normalized spacial score (nSPS) is 11.0. The molecule has 4 nitrogen and oxygen atoms in total. The molecule has 0 spiro atoms. The van der Waals surface area contributed by atoms with Crippen LogP contribution >= 0.6 is 23.4 Å². The number of halogens is 1. The van der Waals surface area contributed by atoms with Gasteiger partial charge < -0.3 is 10.1 Å². The molecule has 0 radical (unpaired) electrons. The molecule has 0 aliphatic heterocycles. The molecular weight excluding hydrogens is 308 g/mol. The van der Waals surface area contributed by atoms with Crippen LogP contribution in [0.4, 0.5) is 0 Å². The third-order valence-corrected chi connectivity index (χ3v) is 4.27. The molecule has 0 saturated heterocycles. The first-order valence-corrected chi connectivity index (χ1v) is 7.40. The molecule has 0 fully saturated rings. The number of aromatic nitrogens is 2. The first-order chi connectivity index (χ1) is 10.0. The van der Waals surface area contributed by atoms with Gasteiger partial charge in [-0.1, -0.05) is 35.5 Å². The highest BCUT2D eigenvalue weighted by Crippen LogP contribution is 2.33. The van der Waals surface area contributed by atoms with Gasteiger partial charge in [-0.2, -0.15) is 0 Å². The number of benzene rings is 2. The molecule has 106 valence electrons. The van der Waals surface area contributed by atoms with Gasteiger partial charge in [0.25, 0.3) is 0 Å². The Bertz CT molecular complexity index is 845. The monoisotopic (exact) mass is 318 g/mol. The number of hydrogen-bond acceptors (Lipinski definition) is 3. The van der Waals surface area contributed by atoms with Gasteiger partial charge in [-0.15, -0.1) is 0 Å². The number of aromatic amines is 1. The summed E-state index contributed by atoms with van der Waals surface area (Å²) in [7, 11) is 0. The molecule has 1 heterocycles. The van der Waals surface area contributed by atoms with Gasteiger partial charge in [0.2, 0.25) is 0 Å². The minimum absolute atomic E-state index is 0.0980. The smallest absolute Gasteiger partial charge is 0.338 e. The van der Waals surface area contributed by atoms with E-state index in [1.807, 2.05) is 25.1 Å². The standard InChI is InChI=1S/C15H11ClN2O2S/c1-8-5-6-10-11(7-8)18-15(17-10)21-12-4-2-3-9(16)13(12)14(19)20/h2-7H,1H3,(H,17,18)(H,19,20). The minimum Gasteiger partial charge on any atom is -0.478 e. The lowest BCUT2D eigenvalue weighted by molar-refractivity contribution is 0.0693. The summed E-state index contributed by atoms with van der Waals surface area (Å²) >= 11 is 7.22. The van der Waals surface area contributed by atoms with E-state index >= 15 is 0 Å². The van der Waals surface area contributed by atoms with Gasteiger partial charge in [0.15, 0.2) is 5.16 Å². The number of nitrogens with zero attached hydrogens (tertiary/aromatic N) is 1. The van der Waals surface area contributed by atoms with Crippen LogP contribution in [0.5, 0.6) is 0 Å². The Balaban J connectivity index is 2.02. The van der Waals surface area contributed by atoms with Crippen LogP contribution in [0, 0.1) is 6.92 Å². The fourth-order valence-electron chi connectivity index (χ4n) is 2.05. The minimum atomic E-state index is -1.05. The molecule has 0 amide bonds. The zero-order valence-corrected chi connectivity index (χ0v) is 12.6. The Morgan fingerprint density at radius 2 is 2.14 bits per heavy atom. The molecule has 1 aromatic heterocycles. The van der Waals surface area contributed by atoms with Crippen molar-refractivity contribution in [1.82, 2.24) is 9.97 Å². The van der Waals surface area contributed by atoms with Crippen LogP contribution in [0.15, 0.2) is 46.5 Å². The van der Waals surface area contributed by atoms with Crippen LogP contribution in [0.1, 0.15) is 15.9 Å². The number of aryl methyl sites for hydroxylation is 1. The lowest BCUT2D eigenvalue weighted by atomic mass is 10.2. The van der Waals surface area contributed by atoms with Crippen molar-refractivity contribution in [3.8, 4) is 0 Å². The van der Waals surface area contributed by atoms with Crippen molar-refractivity contribution in [2.45, 2.75) is 17.0 Å². The Morgan fingerprint density at radius 1 is 1.33 bits per heavy atom. The van der Waals surface area contributed by atoms with E-state index in [1.54, 1.807) is 18.2 Å². The number of hydrogen-bond donors (Lipinski definition) is 2. The number of nitrogens with one attached hydrogen (secondary N) is 1. The summed E-state index contributed by atoms with van der Waals surface area (Å²) < 4.78 is 0. The Labute approximate surface area is 130 Å². The second-order valence-electron chi connectivity index (χ2n) is 4.58. The highest BCUT2D eigenvalue weighted by Gasteiger charge is 2.16. The van der Waals surface area contributed by atoms with Gasteiger partial charge >= 0.3 is 5.97 Å². The van der Waals surface area contributed by atoms with Crippen molar-refractivity contribution in [3.63, 3.8) is 0 Å². The molecule has 0 unspecified atom stereocenters. The Hall–Kier alpha value is -1.98. The van der Waals surface area contributed by atoms with E-state index < -0.39 is 5.97 Å². The van der Waals surface area contributed by atoms with Crippen LogP contribution in [-0.4, -0.2) is 21.0 Å². The van der Waals surface area contributed by atoms with E-state index in [-0.39, 0.29) is 10.6 Å². The molecule has 0 atom stereocenters. The molecule has 2 N–H and O–H groups in total. The molecule has 0 saturated carbocycles. The predicted octanol–water partition coefficient (Wildman–Crippen LogP) is 4.37. The van der Waals surface area contributed by atoms with Crippen LogP contribution in [0.3, 0.4) is 0 Å². The Morgan fingerprint density at radius 3 is 2.90 bits per heavy atom. The number of imidazole rings is 1. The summed E-state index contributed by atoms with van der Waals surface area (Å²) in [5.74, 6) is -1.05. The number of carboxylic acid groups (broad SMARTS) is 1. The van der Waals surface area contributed by atoms with E-state index in [0.29, 0.717) is 10.1 Å². The van der Waals surface area contributed by atoms with Crippen LogP contribution in [-0.2, 0) is 0 Å². The van der Waals surface area contributed by atoms with Gasteiger partial charge in [-0.3, -0.25) is 0 Å². The van der Waals surface area contributed by atoms with Gasteiger partial charge in [-0.05, 0) is 36.8 Å². The number of rotatable bonds is 3. The molecule has 3 rings (SSSR count). The highest BCUT2D eigenvalue weighted by molar-refractivity contribution is 7.99. The summed E-state index contributed by atoms with van der Waals surface area (Å²) in [6.07, 6.45) is 0. The molecule has 6 heteroatoms. The van der Waals surface area contributed by atoms with Crippen molar-refractivity contribution < 1.29 is 9.90 Å². The average Bonchev–Trinajstić information content (AvgIpc) is 2.79. The summed E-state index contributed by atoms with van der Waals surface area (Å²) in [6, 6.07) is 10.9. The molecule has 0 bridgehead atoms. The molecule has 3 aromatic rings. The number of carboxylic acids is 1. The quantitative estimate of drug-likeness (QED) is 0.752. The number of fused-ring (bicyclic) bond motifs is 1. The number of aromatic carboxylic acids is 1. The third kappa shape index (κ3) is 2.75. The van der Waals surface area contributed by atoms with Crippen LogP contribution < -0.4 is 0 Å². The zero-order valence-electron chi connectivity index (χ0n) is 11.1. The van der Waals surface area contributed by atoms with E-state index in [4.69, 9.17) is 11.6 Å². The molecule has 0 aliphatic rings. The molecule has 0 aliphatic carbocycles. The fraction of sp³-hybridized carbons (Fsp3) is 0.0667. The fourth-order valence-corrected chi connectivity index (χ4v) is 3.32. The SMILES string of the molecule is Cc1ccc2nc(Sc3cccc(Cl)c3C(=O)O)[nH]c2c1. The van der Waals surface area contributed by atoms with Crippen molar-refractivity contribution in [3.05, 3.63) is 52.5 Å². The first-order valence-electron chi connectivity index (χ1n) is 6.20. The van der Waals surface area contributed by atoms with E-state index in [0.717, 1.165) is 16.6 Å². The summed E-state index contributed by atoms with van der Waals surface area (Å²) in [5.41, 5.74) is 3.01. The zero-order chi connectivity index (χ0) is 15.0. The van der Waals surface area contributed by atoms with E-state index in [2.05, 4.69) is 9.97 Å². The van der Waals surface area contributed by atoms with Crippen molar-refractivity contribution >= 4 is 40.4 Å². The maximum atomic E-state index is 11.3. The highest BCUT2D eigenvalue weighted by atomic mass is 35.5. The maximum absolute atomic E-state index is 11.3. The second kappa shape index (κ2) is 5.42. The van der Waals surface area contributed by atoms with Crippen LogP contribution in [0.2, 0.25) is 5.02 Å². The summed E-state index contributed by atoms with van der Waals surface area (Å²) in [6.45, 7) is 2.01. The average molecular weight is 319 g/mol. The van der Waals surface area contributed by atoms with Crippen molar-refractivity contribution in [1.29, 1.82) is 0 Å². The van der Waals surface area contributed by atoms with E-state index in [1.165, 1.54) is 11.8 Å². The van der Waals surface area contributed by atoms with Gasteiger partial charge in [0.1, 0.15) is 0 Å². The van der Waals surface area contributed by atoms with Gasteiger partial charge in [-0.25, -0.2) is 9.78 Å². The lowest BCUT2D eigenvalue weighted by Crippen LogP contribution is -1.99. The van der Waals surface area contributed by atoms with Crippen molar-refractivity contribution in [2.75, 3.05) is 0 Å². The predicted molar refractivity (Wildman–Crippen MR) is 83.4 cm³/mol. The summed E-state index contributed by atoms with van der Waals surface area (Å²) in [4.78, 5) is 19.5. The van der Waals surface area contributed by atoms with Gasteiger partial charge in [0, 0.05) is 4.90 Å². The maximum Gasteiger partial charge on any atom is 0.338 e. The van der Waals surface area contributed by atoms with E-state index in [9.17, 15) is 9.90 Å². The van der Waals surface area contributed by atoms with Gasteiger partial charge in [0.05, 0.1) is 21.6 Å². The van der Waals surface area contributed by atoms with Crippen LogP contribution in [0.25, 0.3) is 11.0 Å². The largest absolute Gasteiger partial charge is 0.478 e. The summed E-state index contributed by atoms with van der Waals surface area (Å²) in [5, 5.41) is 10.1. The topological polar surface area (TPSA) is 66.0 Å². The number of carbonyl (C=O) groups is 1. The second-order valence-corrected chi connectivity index (χ2v) is 6.02. The van der Waals surface area contributed by atoms with Crippen molar-refractivity contribution in [2.24, 2.45) is 0 Å². The molecule has 21 heavy (non-hydrogen) atoms. The molecule has 2 aromatic carbocycles. The lowest BCUT2D eigenvalue weighted by Gasteiger charge is -2.05. The Kier molecular flexibility index (Phi) is 3.61. The third-order valence-electron chi connectivity index (χ3n) is 3.01. The number of H-pyrrole nitrogens is 1.